The lowest BCUT2D eigenvalue weighted by molar-refractivity contribution is 0.361. The Labute approximate surface area is 83.4 Å². The van der Waals surface area contributed by atoms with Crippen LogP contribution in [0.2, 0.25) is 0 Å². The molecule has 0 radical (unpaired) electrons. The molecule has 14 heavy (non-hydrogen) atoms. The molecule has 0 bridgehead atoms. The van der Waals surface area contributed by atoms with Crippen molar-refractivity contribution in [2.24, 2.45) is 0 Å². The van der Waals surface area contributed by atoms with Gasteiger partial charge in [0.25, 0.3) is 0 Å². The standard InChI is InChI=1S/C11H10N2O/c1-13-9-14-11-6-4-10(5-7-11)3-2-8-12/h4-7H,2-3,9H2. The number of rotatable bonds is 4. The molecule has 0 aliphatic carbocycles. The topological polar surface area (TPSA) is 37.4 Å². The van der Waals surface area contributed by atoms with E-state index < -0.39 is 0 Å². The Morgan fingerprint density at radius 1 is 1.36 bits per heavy atom. The molecule has 0 aliphatic rings. The van der Waals surface area contributed by atoms with Crippen LogP contribution in [0.1, 0.15) is 12.0 Å². The van der Waals surface area contributed by atoms with E-state index in [1.807, 2.05) is 24.3 Å². The second-order valence-corrected chi connectivity index (χ2v) is 2.73. The van der Waals surface area contributed by atoms with E-state index in [1.165, 1.54) is 0 Å². The summed E-state index contributed by atoms with van der Waals surface area (Å²) in [6.45, 7) is 6.60. The van der Waals surface area contributed by atoms with Gasteiger partial charge in [0.1, 0.15) is 5.75 Å². The molecule has 0 amide bonds. The van der Waals surface area contributed by atoms with Gasteiger partial charge in [-0.1, -0.05) is 12.1 Å². The smallest absolute Gasteiger partial charge is 0.357 e. The molecule has 3 heteroatoms. The maximum absolute atomic E-state index is 8.39. The zero-order valence-corrected chi connectivity index (χ0v) is 7.73. The maximum atomic E-state index is 8.39. The van der Waals surface area contributed by atoms with E-state index in [0.717, 1.165) is 12.0 Å². The molecular formula is C11H10N2O. The fourth-order valence-corrected chi connectivity index (χ4v) is 1.06. The van der Waals surface area contributed by atoms with E-state index in [4.69, 9.17) is 16.6 Å². The summed E-state index contributed by atoms with van der Waals surface area (Å²) >= 11 is 0. The molecule has 0 heterocycles. The first-order chi connectivity index (χ1) is 6.86. The molecule has 3 nitrogen and oxygen atoms in total. The minimum atomic E-state index is 0.0531. The third-order valence-corrected chi connectivity index (χ3v) is 1.74. The number of nitrogens with zero attached hydrogens (tertiary/aromatic N) is 2. The van der Waals surface area contributed by atoms with Crippen molar-refractivity contribution in [3.8, 4) is 11.8 Å². The maximum Gasteiger partial charge on any atom is 0.357 e. The molecule has 70 valence electrons. The van der Waals surface area contributed by atoms with Crippen molar-refractivity contribution in [1.29, 1.82) is 5.26 Å². The van der Waals surface area contributed by atoms with Crippen molar-refractivity contribution in [2.75, 3.05) is 6.73 Å². The Kier molecular flexibility index (Phi) is 4.04. The van der Waals surface area contributed by atoms with Gasteiger partial charge >= 0.3 is 6.73 Å². The van der Waals surface area contributed by atoms with Crippen LogP contribution in [0.5, 0.6) is 5.75 Å². The molecular weight excluding hydrogens is 176 g/mol. The Bertz CT molecular complexity index is 319. The minimum absolute atomic E-state index is 0.0531. The molecule has 1 rings (SSSR count). The summed E-state index contributed by atoms with van der Waals surface area (Å²) in [4.78, 5) is 3.09. The van der Waals surface area contributed by atoms with Crippen molar-refractivity contribution in [1.82, 2.24) is 0 Å². The summed E-state index contributed by atoms with van der Waals surface area (Å²) in [7, 11) is 0. The van der Waals surface area contributed by atoms with Crippen molar-refractivity contribution in [2.45, 2.75) is 12.8 Å². The lowest BCUT2D eigenvalue weighted by atomic mass is 10.1. The summed E-state index contributed by atoms with van der Waals surface area (Å²) in [6.07, 6.45) is 1.29. The fraction of sp³-hybridized carbons (Fsp3) is 0.273. The van der Waals surface area contributed by atoms with Gasteiger partial charge in [-0.3, -0.25) is 4.85 Å². The molecule has 0 aliphatic heterocycles. The Balaban J connectivity index is 2.52. The number of aryl methyl sites for hydroxylation is 1. The van der Waals surface area contributed by atoms with Crippen LogP contribution < -0.4 is 4.74 Å². The zero-order chi connectivity index (χ0) is 10.2. The Hall–Kier alpha value is -2.00. The second-order valence-electron chi connectivity index (χ2n) is 2.73. The van der Waals surface area contributed by atoms with Crippen LogP contribution in [0.25, 0.3) is 4.85 Å². The van der Waals surface area contributed by atoms with Gasteiger partial charge in [-0.05, 0) is 24.1 Å². The van der Waals surface area contributed by atoms with Crippen LogP contribution in [0.4, 0.5) is 0 Å². The highest BCUT2D eigenvalue weighted by molar-refractivity contribution is 5.27. The average Bonchev–Trinajstić information content (AvgIpc) is 2.25. The van der Waals surface area contributed by atoms with Crippen molar-refractivity contribution >= 4 is 0 Å². The summed E-state index contributed by atoms with van der Waals surface area (Å²) in [5.41, 5.74) is 1.11. The van der Waals surface area contributed by atoms with Gasteiger partial charge in [-0.15, -0.1) is 0 Å². The van der Waals surface area contributed by atoms with E-state index >= 15 is 0 Å². The predicted molar refractivity (Wildman–Crippen MR) is 52.5 cm³/mol. The number of benzene rings is 1. The van der Waals surface area contributed by atoms with Crippen LogP contribution in [0.15, 0.2) is 24.3 Å². The van der Waals surface area contributed by atoms with Gasteiger partial charge in [0.2, 0.25) is 0 Å². The molecule has 0 saturated carbocycles. The van der Waals surface area contributed by atoms with Crippen LogP contribution in [-0.4, -0.2) is 6.73 Å². The normalized spacial score (nSPS) is 8.71. The van der Waals surface area contributed by atoms with Gasteiger partial charge in [0, 0.05) is 6.42 Å². The zero-order valence-electron chi connectivity index (χ0n) is 7.73. The lowest BCUT2D eigenvalue weighted by Gasteiger charge is -2.00. The SMILES string of the molecule is [C-]#[N+]COc1ccc(CCC#N)cc1. The first-order valence-corrected chi connectivity index (χ1v) is 4.28. The number of nitriles is 1. The van der Waals surface area contributed by atoms with Gasteiger partial charge in [-0.2, -0.15) is 5.26 Å². The lowest BCUT2D eigenvalue weighted by Crippen LogP contribution is -1.91. The summed E-state index contributed by atoms with van der Waals surface area (Å²) in [6, 6.07) is 9.56. The van der Waals surface area contributed by atoms with Gasteiger partial charge in [-0.25, -0.2) is 6.57 Å². The van der Waals surface area contributed by atoms with Crippen LogP contribution in [0, 0.1) is 17.9 Å². The number of ether oxygens (including phenoxy) is 1. The highest BCUT2D eigenvalue weighted by Crippen LogP contribution is 2.13. The van der Waals surface area contributed by atoms with E-state index in [-0.39, 0.29) is 6.73 Å². The highest BCUT2D eigenvalue weighted by atomic mass is 16.5. The van der Waals surface area contributed by atoms with Gasteiger partial charge in [0.05, 0.1) is 6.07 Å². The summed E-state index contributed by atoms with van der Waals surface area (Å²) in [5.74, 6) is 0.696. The van der Waals surface area contributed by atoms with Crippen LogP contribution >= 0.6 is 0 Å². The first-order valence-electron chi connectivity index (χ1n) is 4.28. The van der Waals surface area contributed by atoms with E-state index in [9.17, 15) is 0 Å². The molecule has 0 aromatic heterocycles. The predicted octanol–water partition coefficient (Wildman–Crippen LogP) is 2.40. The highest BCUT2D eigenvalue weighted by Gasteiger charge is 1.95. The summed E-state index contributed by atoms with van der Waals surface area (Å²) in [5, 5.41) is 8.39. The van der Waals surface area contributed by atoms with Crippen LogP contribution in [0.3, 0.4) is 0 Å². The van der Waals surface area contributed by atoms with Crippen molar-refractivity contribution in [3.05, 3.63) is 41.2 Å². The Morgan fingerprint density at radius 2 is 2.07 bits per heavy atom. The summed E-state index contributed by atoms with van der Waals surface area (Å²) < 4.78 is 5.10. The van der Waals surface area contributed by atoms with Crippen molar-refractivity contribution < 1.29 is 4.74 Å². The van der Waals surface area contributed by atoms with Gasteiger partial charge in [0.15, 0.2) is 0 Å². The average molecular weight is 186 g/mol. The van der Waals surface area contributed by atoms with E-state index in [1.54, 1.807) is 0 Å². The monoisotopic (exact) mass is 186 g/mol. The molecule has 0 atom stereocenters. The quantitative estimate of drug-likeness (QED) is 0.677. The molecule has 0 fully saturated rings. The van der Waals surface area contributed by atoms with Crippen molar-refractivity contribution in [3.63, 3.8) is 0 Å². The molecule has 1 aromatic carbocycles. The molecule has 0 unspecified atom stereocenters. The van der Waals surface area contributed by atoms with Gasteiger partial charge < -0.3 is 4.74 Å². The fourth-order valence-electron chi connectivity index (χ4n) is 1.06. The van der Waals surface area contributed by atoms with E-state index in [0.29, 0.717) is 12.2 Å². The minimum Gasteiger partial charge on any atom is -0.426 e. The second kappa shape index (κ2) is 5.61. The largest absolute Gasteiger partial charge is 0.426 e. The number of hydrogen-bond acceptors (Lipinski definition) is 2. The molecule has 0 N–H and O–H groups in total. The number of hydrogen-bond donors (Lipinski definition) is 0. The third kappa shape index (κ3) is 3.16. The van der Waals surface area contributed by atoms with E-state index in [2.05, 4.69) is 10.9 Å². The molecule has 0 spiro atoms. The first kappa shape index (κ1) is 10.1. The third-order valence-electron chi connectivity index (χ3n) is 1.74. The Morgan fingerprint density at radius 3 is 2.64 bits per heavy atom. The molecule has 1 aromatic rings. The molecule has 0 saturated heterocycles. The van der Waals surface area contributed by atoms with Crippen LogP contribution in [-0.2, 0) is 6.42 Å².